The number of amides is 1. The highest BCUT2D eigenvalue weighted by Crippen LogP contribution is 2.38. The van der Waals surface area contributed by atoms with Gasteiger partial charge in [-0.3, -0.25) is 9.69 Å². The highest BCUT2D eigenvalue weighted by Gasteiger charge is 2.28. The molecule has 3 rings (SSSR count). The smallest absolute Gasteiger partial charge is 0.339 e. The molecule has 3 N–H and O–H groups in total. The summed E-state index contributed by atoms with van der Waals surface area (Å²) in [7, 11) is 0. The van der Waals surface area contributed by atoms with Crippen LogP contribution in [0.4, 0.5) is 5.00 Å². The zero-order valence-electron chi connectivity index (χ0n) is 14.4. The van der Waals surface area contributed by atoms with Crippen molar-refractivity contribution in [1.82, 2.24) is 4.90 Å². The van der Waals surface area contributed by atoms with Gasteiger partial charge >= 0.3 is 5.97 Å². The summed E-state index contributed by atoms with van der Waals surface area (Å²) in [5, 5.41) is 22.1. The third-order valence-electron chi connectivity index (χ3n) is 5.20. The number of aryl methyl sites for hydroxylation is 1. The first-order valence-corrected chi connectivity index (χ1v) is 9.94. The van der Waals surface area contributed by atoms with E-state index in [1.807, 2.05) is 0 Å². The predicted octanol–water partition coefficient (Wildman–Crippen LogP) is 2.50. The van der Waals surface area contributed by atoms with E-state index in [1.54, 1.807) is 0 Å². The highest BCUT2D eigenvalue weighted by atomic mass is 32.1. The molecule has 1 aromatic rings. The van der Waals surface area contributed by atoms with Crippen molar-refractivity contribution in [2.24, 2.45) is 0 Å². The number of nitrogens with one attached hydrogen (secondary N) is 1. The number of hydrogen-bond donors (Lipinski definition) is 3. The lowest BCUT2D eigenvalue weighted by Gasteiger charge is -2.34. The number of carboxylic acids is 1. The van der Waals surface area contributed by atoms with Crippen molar-refractivity contribution in [3.8, 4) is 0 Å². The highest BCUT2D eigenvalue weighted by molar-refractivity contribution is 7.17. The Morgan fingerprint density at radius 2 is 2.00 bits per heavy atom. The number of carboxylic acid groups (broad SMARTS) is 1. The normalized spacial score (nSPS) is 20.9. The van der Waals surface area contributed by atoms with E-state index in [-0.39, 0.29) is 25.1 Å². The molecule has 138 valence electrons. The largest absolute Gasteiger partial charge is 0.478 e. The fourth-order valence-corrected chi connectivity index (χ4v) is 5.27. The van der Waals surface area contributed by atoms with Gasteiger partial charge in [0.2, 0.25) is 5.91 Å². The number of anilines is 1. The van der Waals surface area contributed by atoms with Crippen molar-refractivity contribution in [2.75, 3.05) is 25.0 Å². The van der Waals surface area contributed by atoms with Crippen LogP contribution in [0.15, 0.2) is 0 Å². The lowest BCUT2D eigenvalue weighted by Crippen LogP contribution is -2.44. The minimum atomic E-state index is -0.953. The summed E-state index contributed by atoms with van der Waals surface area (Å²) in [4.78, 5) is 27.4. The van der Waals surface area contributed by atoms with Crippen LogP contribution in [-0.2, 0) is 17.6 Å². The van der Waals surface area contributed by atoms with Crippen LogP contribution in [0, 0.1) is 0 Å². The second kappa shape index (κ2) is 8.29. The lowest BCUT2D eigenvalue weighted by molar-refractivity contribution is -0.118. The van der Waals surface area contributed by atoms with Crippen molar-refractivity contribution >= 4 is 28.2 Å². The molecule has 0 radical (unpaired) electrons. The average Bonchev–Trinajstić information content (AvgIpc) is 2.94. The number of likely N-dealkylation sites (tertiary alicyclic amines) is 1. The molecule has 7 heteroatoms. The van der Waals surface area contributed by atoms with Crippen LogP contribution in [-0.4, -0.2) is 52.7 Å². The predicted molar refractivity (Wildman–Crippen MR) is 97.5 cm³/mol. The van der Waals surface area contributed by atoms with Crippen molar-refractivity contribution in [3.63, 3.8) is 0 Å². The summed E-state index contributed by atoms with van der Waals surface area (Å²) < 4.78 is 0. The zero-order valence-corrected chi connectivity index (χ0v) is 15.2. The molecule has 0 spiro atoms. The third-order valence-corrected chi connectivity index (χ3v) is 6.40. The van der Waals surface area contributed by atoms with Gasteiger partial charge in [0, 0.05) is 17.5 Å². The number of carbonyl (C=O) groups excluding carboxylic acids is 1. The Morgan fingerprint density at radius 3 is 2.76 bits per heavy atom. The maximum absolute atomic E-state index is 12.5. The molecule has 0 aromatic carbocycles. The number of aromatic carboxylic acids is 1. The van der Waals surface area contributed by atoms with Crippen LogP contribution < -0.4 is 5.32 Å². The molecule has 1 fully saturated rings. The number of nitrogens with zero attached hydrogens (tertiary/aromatic N) is 1. The molecule has 1 aliphatic carbocycles. The summed E-state index contributed by atoms with van der Waals surface area (Å²) in [6.07, 6.45) is 7.65. The van der Waals surface area contributed by atoms with Gasteiger partial charge in [-0.1, -0.05) is 6.42 Å². The van der Waals surface area contributed by atoms with Crippen molar-refractivity contribution in [3.05, 3.63) is 16.0 Å². The minimum absolute atomic E-state index is 0.129. The second-order valence-electron chi connectivity index (χ2n) is 6.90. The quantitative estimate of drug-likeness (QED) is 0.720. The topological polar surface area (TPSA) is 89.9 Å². The van der Waals surface area contributed by atoms with Crippen molar-refractivity contribution < 1.29 is 19.8 Å². The number of fused-ring (bicyclic) bond motifs is 1. The van der Waals surface area contributed by atoms with Crippen LogP contribution in [0.25, 0.3) is 0 Å². The van der Waals surface area contributed by atoms with Gasteiger partial charge in [-0.2, -0.15) is 0 Å². The molecule has 1 unspecified atom stereocenters. The van der Waals surface area contributed by atoms with E-state index in [4.69, 9.17) is 0 Å². The molecule has 2 aliphatic rings. The number of aliphatic hydroxyl groups is 1. The molecule has 1 aromatic heterocycles. The summed E-state index contributed by atoms with van der Waals surface area (Å²) in [6.45, 7) is 1.24. The van der Waals surface area contributed by atoms with Crippen LogP contribution in [0.2, 0.25) is 0 Å². The van der Waals surface area contributed by atoms with E-state index >= 15 is 0 Å². The Balaban J connectivity index is 1.70. The van der Waals surface area contributed by atoms with Crippen LogP contribution >= 0.6 is 11.3 Å². The van der Waals surface area contributed by atoms with Gasteiger partial charge in [0.15, 0.2) is 0 Å². The maximum atomic E-state index is 12.5. The Hall–Kier alpha value is -1.44. The number of aliphatic hydroxyl groups excluding tert-OH is 1. The van der Waals surface area contributed by atoms with Crippen LogP contribution in [0.1, 0.15) is 59.3 Å². The van der Waals surface area contributed by atoms with Gasteiger partial charge in [-0.05, 0) is 57.1 Å². The standard InChI is InChI=1S/C18H26N2O4S/c21-10-8-12-5-3-4-9-20(12)11-15(22)19-17-16(18(23)24)13-6-1-2-7-14(13)25-17/h12,21H,1-11H2,(H,19,22)(H,23,24). The van der Waals surface area contributed by atoms with Crippen LogP contribution in [0.3, 0.4) is 0 Å². The van der Waals surface area contributed by atoms with Gasteiger partial charge in [0.05, 0.1) is 12.1 Å². The van der Waals surface area contributed by atoms with Gasteiger partial charge in [-0.15, -0.1) is 11.3 Å². The Kier molecular flexibility index (Phi) is 6.09. The molecule has 1 atom stereocenters. The molecule has 25 heavy (non-hydrogen) atoms. The van der Waals surface area contributed by atoms with E-state index in [0.717, 1.165) is 61.9 Å². The van der Waals surface area contributed by atoms with Gasteiger partial charge in [0.1, 0.15) is 5.00 Å². The maximum Gasteiger partial charge on any atom is 0.339 e. The number of piperidine rings is 1. The first kappa shape index (κ1) is 18.4. The lowest BCUT2D eigenvalue weighted by atomic mass is 9.95. The third kappa shape index (κ3) is 4.22. The minimum Gasteiger partial charge on any atom is -0.478 e. The van der Waals surface area contributed by atoms with E-state index in [9.17, 15) is 19.8 Å². The Labute approximate surface area is 151 Å². The Bertz CT molecular complexity index is 641. The summed E-state index contributed by atoms with van der Waals surface area (Å²) >= 11 is 1.42. The fraction of sp³-hybridized carbons (Fsp3) is 0.667. The Morgan fingerprint density at radius 1 is 1.20 bits per heavy atom. The van der Waals surface area contributed by atoms with Crippen LogP contribution in [0.5, 0.6) is 0 Å². The van der Waals surface area contributed by atoms with Gasteiger partial charge in [0.25, 0.3) is 0 Å². The van der Waals surface area contributed by atoms with Crippen molar-refractivity contribution in [1.29, 1.82) is 0 Å². The molecule has 0 saturated carbocycles. The molecular formula is C18H26N2O4S. The molecule has 0 bridgehead atoms. The van der Waals surface area contributed by atoms with E-state index in [2.05, 4.69) is 10.2 Å². The van der Waals surface area contributed by atoms with E-state index in [1.165, 1.54) is 11.3 Å². The second-order valence-corrected chi connectivity index (χ2v) is 8.01. The summed E-state index contributed by atoms with van der Waals surface area (Å²) in [6, 6.07) is 0.236. The summed E-state index contributed by atoms with van der Waals surface area (Å²) in [5.74, 6) is -1.11. The molecular weight excluding hydrogens is 340 g/mol. The fourth-order valence-electron chi connectivity index (χ4n) is 3.97. The van der Waals surface area contributed by atoms with Crippen molar-refractivity contribution in [2.45, 2.75) is 57.4 Å². The van der Waals surface area contributed by atoms with E-state index in [0.29, 0.717) is 17.0 Å². The SMILES string of the molecule is O=C(CN1CCCCC1CCO)Nc1sc2c(c1C(=O)O)CCCC2. The van der Waals surface area contributed by atoms with Gasteiger partial charge < -0.3 is 15.5 Å². The number of carbonyl (C=O) groups is 2. The molecule has 6 nitrogen and oxygen atoms in total. The van der Waals surface area contributed by atoms with E-state index < -0.39 is 5.97 Å². The zero-order chi connectivity index (χ0) is 17.8. The summed E-state index contributed by atoms with van der Waals surface area (Å²) in [5.41, 5.74) is 1.20. The number of thiophene rings is 1. The molecule has 2 heterocycles. The monoisotopic (exact) mass is 366 g/mol. The number of rotatable bonds is 6. The molecule has 1 aliphatic heterocycles. The molecule has 1 saturated heterocycles. The first-order chi connectivity index (χ1) is 12.1. The average molecular weight is 366 g/mol. The first-order valence-electron chi connectivity index (χ1n) is 9.12. The van der Waals surface area contributed by atoms with Gasteiger partial charge in [-0.25, -0.2) is 4.79 Å². The number of hydrogen-bond acceptors (Lipinski definition) is 5. The molecule has 1 amide bonds.